The molecule has 7 nitrogen and oxygen atoms in total. The third kappa shape index (κ3) is 4.04. The fourth-order valence-electron chi connectivity index (χ4n) is 2.24. The molecular weight excluding hydrogens is 350 g/mol. The molecule has 0 radical (unpaired) electrons. The number of aromatic nitrogens is 2. The minimum absolute atomic E-state index is 0.00519. The standard InChI is InChI=1S/C18H17N5O2S/c1-11-7-9-13(10-8-11)19-16-15(26-18(23-25)22-21-16)17(24)20-14-6-4-3-5-12(14)2/h3-10,19,25H,1-2H3,(H,20,24)/b23-18+. The van der Waals surface area contributed by atoms with Gasteiger partial charge in [-0.3, -0.25) is 4.79 Å². The zero-order chi connectivity index (χ0) is 18.5. The largest absolute Gasteiger partial charge is 0.408 e. The summed E-state index contributed by atoms with van der Waals surface area (Å²) in [6, 6.07) is 15.1. The van der Waals surface area contributed by atoms with E-state index >= 15 is 0 Å². The zero-order valence-corrected chi connectivity index (χ0v) is 15.0. The average Bonchev–Trinajstić information content (AvgIpc) is 2.65. The van der Waals surface area contributed by atoms with Crippen molar-refractivity contribution in [3.05, 3.63) is 69.3 Å². The van der Waals surface area contributed by atoms with Crippen molar-refractivity contribution >= 4 is 34.4 Å². The smallest absolute Gasteiger partial charge is 0.269 e. The van der Waals surface area contributed by atoms with Crippen molar-refractivity contribution in [2.45, 2.75) is 13.8 Å². The van der Waals surface area contributed by atoms with E-state index in [4.69, 9.17) is 5.21 Å². The van der Waals surface area contributed by atoms with Crippen molar-refractivity contribution in [2.24, 2.45) is 5.16 Å². The Balaban J connectivity index is 1.94. The summed E-state index contributed by atoms with van der Waals surface area (Å²) in [6.07, 6.45) is 0. The Hall–Kier alpha value is -3.26. The Labute approximate surface area is 154 Å². The molecular formula is C18H17N5O2S. The normalized spacial score (nSPS) is 11.2. The molecule has 132 valence electrons. The van der Waals surface area contributed by atoms with E-state index in [0.29, 0.717) is 5.69 Å². The molecule has 0 spiro atoms. The molecule has 0 aliphatic heterocycles. The van der Waals surface area contributed by atoms with Crippen molar-refractivity contribution in [3.8, 4) is 0 Å². The van der Waals surface area contributed by atoms with Crippen LogP contribution < -0.4 is 15.4 Å². The second-order valence-electron chi connectivity index (χ2n) is 5.62. The molecule has 0 atom stereocenters. The lowest BCUT2D eigenvalue weighted by Crippen LogP contribution is -2.18. The first kappa shape index (κ1) is 17.6. The second kappa shape index (κ2) is 7.75. The maximum atomic E-state index is 12.8. The lowest BCUT2D eigenvalue weighted by atomic mass is 10.2. The van der Waals surface area contributed by atoms with E-state index in [0.717, 1.165) is 28.2 Å². The van der Waals surface area contributed by atoms with E-state index in [1.165, 1.54) is 0 Å². The Bertz CT molecular complexity index is 999. The Morgan fingerprint density at radius 3 is 2.50 bits per heavy atom. The Morgan fingerprint density at radius 1 is 1.08 bits per heavy atom. The van der Waals surface area contributed by atoms with Crippen LogP contribution in [0, 0.1) is 13.8 Å². The van der Waals surface area contributed by atoms with Crippen LogP contribution in [0.3, 0.4) is 0 Å². The van der Waals surface area contributed by atoms with Gasteiger partial charge in [0.25, 0.3) is 10.7 Å². The number of carbonyl (C=O) groups is 1. The maximum absolute atomic E-state index is 12.8. The number of amides is 1. The monoisotopic (exact) mass is 367 g/mol. The summed E-state index contributed by atoms with van der Waals surface area (Å²) in [5.74, 6) is -0.0731. The zero-order valence-electron chi connectivity index (χ0n) is 14.2. The van der Waals surface area contributed by atoms with Gasteiger partial charge in [0.1, 0.15) is 4.88 Å². The molecule has 3 aromatic rings. The maximum Gasteiger partial charge on any atom is 0.269 e. The van der Waals surface area contributed by atoms with Crippen LogP contribution in [0.1, 0.15) is 20.8 Å². The number of hydrogen-bond acceptors (Lipinski definition) is 7. The molecule has 1 aromatic heterocycles. The van der Waals surface area contributed by atoms with Gasteiger partial charge in [0, 0.05) is 11.4 Å². The molecule has 3 N–H and O–H groups in total. The SMILES string of the molecule is Cc1ccc(Nc2nn/c(=N\O)sc2C(=O)Nc2ccccc2C)cc1. The van der Waals surface area contributed by atoms with E-state index in [1.807, 2.05) is 62.4 Å². The van der Waals surface area contributed by atoms with Crippen LogP contribution in [0.5, 0.6) is 0 Å². The number of para-hydroxylation sites is 1. The number of rotatable bonds is 4. The molecule has 3 rings (SSSR count). The molecule has 0 saturated heterocycles. The third-order valence-corrected chi connectivity index (χ3v) is 4.57. The van der Waals surface area contributed by atoms with Crippen LogP contribution in [-0.2, 0) is 0 Å². The van der Waals surface area contributed by atoms with Crippen molar-refractivity contribution < 1.29 is 10.0 Å². The fourth-order valence-corrected chi connectivity index (χ4v) is 2.88. The van der Waals surface area contributed by atoms with Gasteiger partial charge >= 0.3 is 0 Å². The van der Waals surface area contributed by atoms with Gasteiger partial charge in [-0.15, -0.1) is 10.2 Å². The van der Waals surface area contributed by atoms with Crippen LogP contribution in [0.4, 0.5) is 17.2 Å². The van der Waals surface area contributed by atoms with Gasteiger partial charge in [-0.2, -0.15) is 0 Å². The molecule has 0 aliphatic rings. The van der Waals surface area contributed by atoms with Gasteiger partial charge < -0.3 is 15.8 Å². The van der Waals surface area contributed by atoms with Crippen LogP contribution >= 0.6 is 11.3 Å². The number of anilines is 3. The topological polar surface area (TPSA) is 99.5 Å². The molecule has 0 fully saturated rings. The molecule has 0 aliphatic carbocycles. The molecule has 8 heteroatoms. The van der Waals surface area contributed by atoms with E-state index in [9.17, 15) is 4.79 Å². The van der Waals surface area contributed by atoms with Crippen LogP contribution in [0.15, 0.2) is 53.7 Å². The summed E-state index contributed by atoms with van der Waals surface area (Å²) in [4.78, 5) is 13.0. The Morgan fingerprint density at radius 2 is 1.81 bits per heavy atom. The molecule has 0 bridgehead atoms. The third-order valence-electron chi connectivity index (χ3n) is 3.64. The first-order valence-corrected chi connectivity index (χ1v) is 8.65. The lowest BCUT2D eigenvalue weighted by molar-refractivity contribution is 0.103. The summed E-state index contributed by atoms with van der Waals surface area (Å²) in [7, 11) is 0. The van der Waals surface area contributed by atoms with Gasteiger partial charge in [0.2, 0.25) is 0 Å². The summed E-state index contributed by atoms with van der Waals surface area (Å²) in [5, 5.41) is 25.7. The van der Waals surface area contributed by atoms with E-state index in [1.54, 1.807) is 0 Å². The number of nitrogens with zero attached hydrogens (tertiary/aromatic N) is 3. The van der Waals surface area contributed by atoms with Crippen molar-refractivity contribution in [1.82, 2.24) is 10.2 Å². The predicted molar refractivity (Wildman–Crippen MR) is 101 cm³/mol. The minimum atomic E-state index is -0.362. The highest BCUT2D eigenvalue weighted by atomic mass is 32.1. The van der Waals surface area contributed by atoms with Crippen LogP contribution in [0.2, 0.25) is 0 Å². The van der Waals surface area contributed by atoms with Gasteiger partial charge in [-0.25, -0.2) is 0 Å². The highest BCUT2D eigenvalue weighted by Gasteiger charge is 2.17. The highest BCUT2D eigenvalue weighted by Crippen LogP contribution is 2.22. The number of benzene rings is 2. The van der Waals surface area contributed by atoms with Crippen LogP contribution in [-0.4, -0.2) is 21.3 Å². The van der Waals surface area contributed by atoms with Crippen molar-refractivity contribution in [2.75, 3.05) is 10.6 Å². The van der Waals surface area contributed by atoms with E-state index in [-0.39, 0.29) is 21.4 Å². The molecule has 1 amide bonds. The number of nitrogens with one attached hydrogen (secondary N) is 2. The number of hydrogen-bond donors (Lipinski definition) is 3. The van der Waals surface area contributed by atoms with Gasteiger partial charge in [0.05, 0.1) is 0 Å². The fraction of sp³-hybridized carbons (Fsp3) is 0.111. The summed E-state index contributed by atoms with van der Waals surface area (Å²) in [5.41, 5.74) is 3.53. The van der Waals surface area contributed by atoms with E-state index in [2.05, 4.69) is 26.0 Å². The quantitative estimate of drug-likeness (QED) is 0.484. The molecule has 0 unspecified atom stereocenters. The Kier molecular flexibility index (Phi) is 5.23. The van der Waals surface area contributed by atoms with Gasteiger partial charge in [-0.1, -0.05) is 52.4 Å². The molecule has 0 saturated carbocycles. The van der Waals surface area contributed by atoms with E-state index < -0.39 is 0 Å². The highest BCUT2D eigenvalue weighted by molar-refractivity contribution is 7.11. The number of carbonyl (C=O) groups excluding carboxylic acids is 1. The minimum Gasteiger partial charge on any atom is -0.408 e. The predicted octanol–water partition coefficient (Wildman–Crippen LogP) is 3.44. The summed E-state index contributed by atoms with van der Waals surface area (Å²) >= 11 is 0.940. The van der Waals surface area contributed by atoms with Crippen molar-refractivity contribution in [3.63, 3.8) is 0 Å². The van der Waals surface area contributed by atoms with Gasteiger partial charge in [-0.05, 0) is 37.6 Å². The van der Waals surface area contributed by atoms with Crippen LogP contribution in [0.25, 0.3) is 0 Å². The first-order chi connectivity index (χ1) is 12.6. The second-order valence-corrected chi connectivity index (χ2v) is 6.60. The molecule has 2 aromatic carbocycles. The summed E-state index contributed by atoms with van der Waals surface area (Å²) in [6.45, 7) is 3.90. The average molecular weight is 367 g/mol. The molecule has 1 heterocycles. The van der Waals surface area contributed by atoms with Gasteiger partial charge in [0.15, 0.2) is 5.82 Å². The molecule has 26 heavy (non-hydrogen) atoms. The van der Waals surface area contributed by atoms with Crippen molar-refractivity contribution in [1.29, 1.82) is 0 Å². The first-order valence-electron chi connectivity index (χ1n) is 7.83. The summed E-state index contributed by atoms with van der Waals surface area (Å²) < 4.78 is 0. The number of aryl methyl sites for hydroxylation is 2. The lowest BCUT2D eigenvalue weighted by Gasteiger charge is -2.11.